The molecule has 564 valence electrons. The van der Waals surface area contributed by atoms with Crippen LogP contribution in [0.1, 0.15) is 5.56 Å². The summed E-state index contributed by atoms with van der Waals surface area (Å²) in [7, 11) is -4.82. The third-order valence-electron chi connectivity index (χ3n) is 18.6. The molecule has 98 heavy (non-hydrogen) atoms. The first-order valence-electron chi connectivity index (χ1n) is 31.2. The summed E-state index contributed by atoms with van der Waals surface area (Å²) in [6, 6.07) is 3.05. The van der Waals surface area contributed by atoms with E-state index in [4.69, 9.17) is 75.8 Å². The smallest absolute Gasteiger partial charge is 0.241 e. The van der Waals surface area contributed by atoms with E-state index < -0.39 is 313 Å². The van der Waals surface area contributed by atoms with Crippen LogP contribution in [0.3, 0.4) is 0 Å². The van der Waals surface area contributed by atoms with Crippen molar-refractivity contribution < 1.29 is 202 Å². The molecule has 42 nitrogen and oxygen atoms in total. The molecule has 0 saturated carbocycles. The Kier molecular flexibility index (Phi) is 26.3. The molecule has 0 aliphatic carbocycles. The fraction of sp³-hybridized carbons (Fsp3) is 0.891. The van der Waals surface area contributed by atoms with Crippen LogP contribution in [0, 0.1) is 6.92 Å². The molecule has 0 unspecified atom stereocenters. The summed E-state index contributed by atoms with van der Waals surface area (Å²) in [5.74, 6) is 0. The van der Waals surface area contributed by atoms with Gasteiger partial charge in [0.2, 0.25) is 10.0 Å². The minimum absolute atomic E-state index is 0.415. The molecule has 30 aliphatic rings. The van der Waals surface area contributed by atoms with Crippen LogP contribution >= 0.6 is 0 Å². The lowest BCUT2D eigenvalue weighted by molar-refractivity contribution is -0.402. The molecule has 43 heteroatoms. The zero-order valence-electron chi connectivity index (χ0n) is 51.6. The van der Waals surface area contributed by atoms with Gasteiger partial charge in [0.05, 0.1) is 63.8 Å². The highest BCUT2D eigenvalue weighted by Gasteiger charge is 2.61. The predicted molar refractivity (Wildman–Crippen MR) is 300 cm³/mol. The lowest BCUT2D eigenvalue weighted by Gasteiger charge is -2.51. The Bertz CT molecular complexity index is 2760. The van der Waals surface area contributed by atoms with Gasteiger partial charge >= 0.3 is 0 Å². The topological polar surface area (TPSA) is 659 Å². The van der Waals surface area contributed by atoms with Crippen LogP contribution < -0.4 is 4.72 Å². The average Bonchev–Trinajstić information content (AvgIpc) is 0.773. The molecule has 30 saturated heterocycles. The number of hydrogen-bond donors (Lipinski definition) is 24. The first-order valence-corrected chi connectivity index (χ1v) is 32.7. The van der Waals surface area contributed by atoms with Gasteiger partial charge in [-0.15, -0.1) is 0 Å². The molecule has 40 atom stereocenters. The molecule has 24 N–H and O–H groups in total. The van der Waals surface area contributed by atoms with Crippen molar-refractivity contribution in [3.05, 3.63) is 29.8 Å². The first-order chi connectivity index (χ1) is 46.6. The molecule has 0 aromatic heterocycles. The minimum atomic E-state index is -4.82. The largest absolute Gasteiger partial charge is 0.394 e. The zero-order valence-corrected chi connectivity index (χ0v) is 52.4. The second kappa shape index (κ2) is 32.9. The van der Waals surface area contributed by atoms with E-state index >= 15 is 0 Å². The highest BCUT2D eigenvalue weighted by molar-refractivity contribution is 7.89. The summed E-state index contributed by atoms with van der Waals surface area (Å²) in [6.07, 6.45) is -82.1. The number of aliphatic hydroxyl groups is 23. The number of aryl methyl sites for hydroxylation is 1. The molecule has 30 fully saturated rings. The maximum absolute atomic E-state index is 14.2. The molecule has 1 aromatic carbocycles. The Labute approximate surface area is 555 Å². The van der Waals surface area contributed by atoms with Crippen LogP contribution in [0.25, 0.3) is 0 Å². The van der Waals surface area contributed by atoms with Crippen molar-refractivity contribution in [1.29, 1.82) is 0 Å². The van der Waals surface area contributed by atoms with Crippen molar-refractivity contribution in [2.45, 2.75) is 257 Å². The Morgan fingerprint density at radius 1 is 0.265 bits per heavy atom. The van der Waals surface area contributed by atoms with Gasteiger partial charge in [0.1, 0.15) is 189 Å². The number of nitrogens with one attached hydrogen (secondary N) is 1. The standard InChI is InChI=1S/C55H87NO41S/c1-14-2-4-15(5-3-14)98(80,81)56-24-25(65)48-82-16(6-57)40(24)90-49-33(73)26(66)42(18(8-59)83-49)92-51-35(75)28(68)44(20(10-61)85-51)94-53-37(77)30(70)46(22(12-63)87-53)96-55-39(79)32(72)47(23(13-64)89-55)97-54-38(78)31(71)45(21(11-62)88-54)95-52-36(76)29(69)43(19(9-60)86-52)93-50-34(74)27(67)41(91-48)17(7-58)84-50/h2-5,16-79H,6-13H2,1H3/t16-,17-,18-,19-,20-,21-,22-,23-,24-,25-,26-,27-,28-,29-,30-,31-,32-,33-,34-,35-,36-,37-,38-,39-,40-,41-,42-,43-,44-,45-,46-,47-,48-,49-,50-,51-,52-,53-,54-,55-/m1/s1. The van der Waals surface area contributed by atoms with Gasteiger partial charge in [0, 0.05) is 0 Å². The van der Waals surface area contributed by atoms with Crippen molar-refractivity contribution in [1.82, 2.24) is 4.72 Å². The van der Waals surface area contributed by atoms with E-state index in [9.17, 15) is 126 Å². The van der Waals surface area contributed by atoms with E-state index in [2.05, 4.69) is 4.72 Å². The highest BCUT2D eigenvalue weighted by atomic mass is 32.2. The third-order valence-corrected chi connectivity index (χ3v) is 20.0. The molecular formula is C55H87NO41S. The number of aliphatic hydroxyl groups excluding tert-OH is 23. The van der Waals surface area contributed by atoms with E-state index in [1.54, 1.807) is 6.92 Å². The van der Waals surface area contributed by atoms with E-state index in [0.717, 1.165) is 0 Å². The summed E-state index contributed by atoms with van der Waals surface area (Å²) >= 11 is 0. The van der Waals surface area contributed by atoms with Crippen molar-refractivity contribution in [3.63, 3.8) is 0 Å². The van der Waals surface area contributed by atoms with Crippen molar-refractivity contribution in [3.8, 4) is 0 Å². The minimum Gasteiger partial charge on any atom is -0.394 e. The third kappa shape index (κ3) is 15.6. The first kappa shape index (κ1) is 78.2. The van der Waals surface area contributed by atoms with Crippen LogP contribution in [-0.4, -0.2) is 424 Å². The van der Waals surface area contributed by atoms with Crippen molar-refractivity contribution in [2.24, 2.45) is 0 Å². The molecule has 0 radical (unpaired) electrons. The van der Waals surface area contributed by atoms with Gasteiger partial charge in [0.25, 0.3) is 0 Å². The Balaban J connectivity index is 0.950. The Morgan fingerprint density at radius 2 is 0.439 bits per heavy atom. The van der Waals surface area contributed by atoms with Gasteiger partial charge in [-0.1, -0.05) is 17.7 Å². The summed E-state index contributed by atoms with van der Waals surface area (Å²) < 4.78 is 123. The molecule has 1 aromatic rings. The average molecular weight is 1450 g/mol. The maximum Gasteiger partial charge on any atom is 0.241 e. The van der Waals surface area contributed by atoms with E-state index in [1.807, 2.05) is 0 Å². The Morgan fingerprint density at radius 3 is 0.633 bits per heavy atom. The lowest BCUT2D eigenvalue weighted by Crippen LogP contribution is -2.70. The van der Waals surface area contributed by atoms with Gasteiger partial charge in [-0.2, -0.15) is 0 Å². The Hall–Kier alpha value is -2.43. The van der Waals surface area contributed by atoms with Crippen molar-refractivity contribution >= 4 is 10.0 Å². The van der Waals surface area contributed by atoms with Gasteiger partial charge in [-0.05, 0) is 19.1 Å². The fourth-order valence-corrected chi connectivity index (χ4v) is 14.3. The van der Waals surface area contributed by atoms with Crippen molar-refractivity contribution in [2.75, 3.05) is 52.9 Å². The summed E-state index contributed by atoms with van der Waals surface area (Å²) in [5, 5.41) is 258. The molecular weight excluding hydrogens is 1360 g/mol. The quantitative estimate of drug-likeness (QED) is 0.0978. The normalized spacial score (nSPS) is 51.1. The van der Waals surface area contributed by atoms with Gasteiger partial charge < -0.3 is 193 Å². The number of sulfonamides is 1. The van der Waals surface area contributed by atoms with Crippen LogP contribution in [0.2, 0.25) is 0 Å². The fourth-order valence-electron chi connectivity index (χ4n) is 13.0. The molecule has 0 amide bonds. The van der Waals surface area contributed by atoms with Crippen LogP contribution in [0.4, 0.5) is 0 Å². The lowest BCUT2D eigenvalue weighted by atomic mass is 9.94. The predicted octanol–water partition coefficient (Wildman–Crippen LogP) is -16.1. The summed E-state index contributed by atoms with van der Waals surface area (Å²) in [4.78, 5) is -0.415. The van der Waals surface area contributed by atoms with Gasteiger partial charge in [0.15, 0.2) is 50.3 Å². The van der Waals surface area contributed by atoms with Crippen LogP contribution in [-0.2, 0) is 85.8 Å². The summed E-state index contributed by atoms with van der Waals surface area (Å²) in [6.45, 7) is -7.37. The number of rotatable bonds is 11. The zero-order chi connectivity index (χ0) is 71.3. The molecule has 0 spiro atoms. The molecule has 30 aliphatic heterocycles. The SMILES string of the molecule is Cc1ccc(S(=O)(=O)N[C@@H]2[C@@H](O)[C@H]3O[C@H]4[C@H](O)[C@@H](O)[C@@H](O[C@H]5[C@H](O)[C@@H](O)[C@@H](O[C@H]6[C@H](O)[C@@H](O)[C@@H](O[C@H]7[C@H](O)[C@@H](O)[C@@H](O[C@H]8[C@H](O)[C@@H](O)[C@@H](O[C@H]9[C@H](O)[C@@H](O)[C@@H](O[C@H]%10[C@H](O)[C@@H](O)[C@@H](O[C@@H]2[C@@H](CO)O3)O[C@@H]%10CO)O[C@@H]9CO)O[C@@H]8CO)O[C@@H]7CO)O[C@@H]6CO)O[C@@H]5CO)O[C@@H]4CO)cc1. The number of benzene rings is 1. The van der Waals surface area contributed by atoms with Crippen LogP contribution in [0.15, 0.2) is 29.2 Å². The van der Waals surface area contributed by atoms with E-state index in [1.165, 1.54) is 24.3 Å². The monoisotopic (exact) mass is 1450 g/mol. The van der Waals surface area contributed by atoms with E-state index in [0.29, 0.717) is 5.56 Å². The second-order valence-corrected chi connectivity index (χ2v) is 26.6. The number of hydrogen-bond acceptors (Lipinski definition) is 41. The molecule has 31 rings (SSSR count). The molecule has 16 bridgehead atoms. The van der Waals surface area contributed by atoms with Crippen LogP contribution in [0.5, 0.6) is 0 Å². The molecule has 30 heterocycles. The second-order valence-electron chi connectivity index (χ2n) is 24.9. The van der Waals surface area contributed by atoms with E-state index in [-0.39, 0.29) is 0 Å². The maximum atomic E-state index is 14.2. The summed E-state index contributed by atoms with van der Waals surface area (Å²) in [5.41, 5.74) is 0.608. The number of ether oxygens (including phenoxy) is 16. The highest BCUT2D eigenvalue weighted by Crippen LogP contribution is 2.40. The van der Waals surface area contributed by atoms with Gasteiger partial charge in [-0.25, -0.2) is 13.1 Å². The van der Waals surface area contributed by atoms with Gasteiger partial charge in [-0.3, -0.25) is 0 Å².